The van der Waals surface area contributed by atoms with E-state index in [0.29, 0.717) is 39.8 Å². The van der Waals surface area contributed by atoms with Crippen LogP contribution in [0.15, 0.2) is 24.3 Å². The van der Waals surface area contributed by atoms with E-state index in [-0.39, 0.29) is 24.8 Å². The number of rotatable bonds is 6. The zero-order valence-corrected chi connectivity index (χ0v) is 25.9. The molecule has 0 atom stereocenters. The van der Waals surface area contributed by atoms with Gasteiger partial charge < -0.3 is 19.4 Å². The molecule has 2 aliphatic heterocycles. The summed E-state index contributed by atoms with van der Waals surface area (Å²) in [6.45, 7) is 7.89. The third-order valence-electron chi connectivity index (χ3n) is 7.99. The maximum Gasteiger partial charge on any atom is 0.305 e. The van der Waals surface area contributed by atoms with Gasteiger partial charge in [0.05, 0.1) is 58.1 Å². The molecule has 5 heterocycles. The molecule has 0 aliphatic carbocycles. The van der Waals surface area contributed by atoms with Crippen molar-refractivity contribution >= 4 is 79.5 Å². The minimum atomic E-state index is -0.300. The number of fused-ring (bicyclic) bond motifs is 8. The molecule has 0 fully saturated rings. The lowest BCUT2D eigenvalue weighted by Gasteiger charge is -2.06. The predicted molar refractivity (Wildman–Crippen MR) is 168 cm³/mol. The van der Waals surface area contributed by atoms with Crippen molar-refractivity contribution in [2.75, 3.05) is 14.2 Å². The summed E-state index contributed by atoms with van der Waals surface area (Å²) in [6, 6.07) is 7.77. The van der Waals surface area contributed by atoms with Crippen LogP contribution in [0.1, 0.15) is 73.4 Å². The Bertz CT molecular complexity index is 1730. The lowest BCUT2D eigenvalue weighted by molar-refractivity contribution is -0.141. The van der Waals surface area contributed by atoms with Gasteiger partial charge in [-0.1, -0.05) is 23.2 Å². The fourth-order valence-electron chi connectivity index (χ4n) is 5.33. The molecular formula is C32H32Cl2N4O4. The second kappa shape index (κ2) is 11.8. The van der Waals surface area contributed by atoms with Gasteiger partial charge in [0.1, 0.15) is 0 Å². The molecule has 218 valence electrons. The number of hydrogen-bond acceptors (Lipinski definition) is 6. The fraction of sp³-hybridized carbons (Fsp3) is 0.312. The number of methoxy groups -OCH3 is 2. The summed E-state index contributed by atoms with van der Waals surface area (Å²) in [5.41, 5.74) is 11.5. The number of allylic oxidation sites excluding steroid dienone is 4. The quantitative estimate of drug-likeness (QED) is 0.275. The second-order valence-electron chi connectivity index (χ2n) is 10.5. The van der Waals surface area contributed by atoms with Crippen molar-refractivity contribution < 1.29 is 19.1 Å². The molecule has 10 heteroatoms. The molecule has 2 aliphatic rings. The first kappa shape index (κ1) is 29.6. The van der Waals surface area contributed by atoms with Crippen LogP contribution in [0.3, 0.4) is 0 Å². The molecule has 3 aromatic heterocycles. The number of aromatic amines is 2. The van der Waals surface area contributed by atoms with Gasteiger partial charge in [-0.3, -0.25) is 9.59 Å². The Morgan fingerprint density at radius 1 is 0.643 bits per heavy atom. The van der Waals surface area contributed by atoms with Crippen molar-refractivity contribution in [1.29, 1.82) is 0 Å². The number of halogens is 2. The average Bonchev–Trinajstić information content (AvgIpc) is 3.61. The first-order chi connectivity index (χ1) is 20.0. The van der Waals surface area contributed by atoms with Gasteiger partial charge in [0, 0.05) is 23.9 Å². The summed E-state index contributed by atoms with van der Waals surface area (Å²) in [4.78, 5) is 41.0. The summed E-state index contributed by atoms with van der Waals surface area (Å²) >= 11 is 13.6. The van der Waals surface area contributed by atoms with Crippen LogP contribution in [0.25, 0.3) is 44.4 Å². The first-order valence-corrected chi connectivity index (χ1v) is 14.4. The van der Waals surface area contributed by atoms with E-state index in [1.54, 1.807) is 0 Å². The highest BCUT2D eigenvalue weighted by atomic mass is 35.5. The van der Waals surface area contributed by atoms with E-state index >= 15 is 0 Å². The van der Waals surface area contributed by atoms with Crippen LogP contribution < -0.4 is 0 Å². The average molecular weight is 608 g/mol. The van der Waals surface area contributed by atoms with E-state index in [1.165, 1.54) is 14.2 Å². The van der Waals surface area contributed by atoms with Crippen molar-refractivity contribution in [3.8, 4) is 0 Å². The monoisotopic (exact) mass is 606 g/mol. The van der Waals surface area contributed by atoms with Crippen molar-refractivity contribution in [3.05, 3.63) is 68.2 Å². The van der Waals surface area contributed by atoms with Gasteiger partial charge in [0.25, 0.3) is 0 Å². The van der Waals surface area contributed by atoms with Crippen molar-refractivity contribution in [2.24, 2.45) is 0 Å². The van der Waals surface area contributed by atoms with Crippen molar-refractivity contribution in [1.82, 2.24) is 19.9 Å². The Kier molecular flexibility index (Phi) is 8.30. The van der Waals surface area contributed by atoms with Crippen LogP contribution in [-0.4, -0.2) is 46.1 Å². The largest absolute Gasteiger partial charge is 0.469 e. The standard InChI is InChI=1S/C32H32Cl2N4O4/c1-15-19(7-9-29(39)41-5)25-14-26-20(8-10-30(40)42-6)16(2)22(36-26)12-27-32(34)18(4)24(38-27)13-28-31(33)17(3)23(37-28)11-21(15)35-25/h11-14,37-38H,7-10H2,1-6H3. The van der Waals surface area contributed by atoms with Gasteiger partial charge in [0.2, 0.25) is 0 Å². The maximum absolute atomic E-state index is 12.1. The van der Waals surface area contributed by atoms with E-state index in [9.17, 15) is 9.59 Å². The highest BCUT2D eigenvalue weighted by Gasteiger charge is 2.23. The summed E-state index contributed by atoms with van der Waals surface area (Å²) in [5, 5.41) is 1.19. The molecule has 0 radical (unpaired) electrons. The molecule has 0 saturated carbocycles. The molecule has 0 spiro atoms. The molecule has 0 amide bonds. The minimum absolute atomic E-state index is 0.210. The Labute approximate surface area is 253 Å². The van der Waals surface area contributed by atoms with Gasteiger partial charge in [0.15, 0.2) is 0 Å². The van der Waals surface area contributed by atoms with Gasteiger partial charge in [-0.25, -0.2) is 9.97 Å². The zero-order chi connectivity index (χ0) is 30.3. The van der Waals surface area contributed by atoms with E-state index in [0.717, 1.165) is 61.4 Å². The Hall–Kier alpha value is -3.88. The third kappa shape index (κ3) is 5.49. The highest BCUT2D eigenvalue weighted by molar-refractivity contribution is 6.36. The lowest BCUT2D eigenvalue weighted by Crippen LogP contribution is -2.01. The number of esters is 2. The van der Waals surface area contributed by atoms with Crippen LogP contribution in [0.2, 0.25) is 10.0 Å². The molecule has 0 saturated heterocycles. The first-order valence-electron chi connectivity index (χ1n) is 13.6. The number of H-pyrrole nitrogens is 2. The van der Waals surface area contributed by atoms with E-state index in [2.05, 4.69) is 9.97 Å². The van der Waals surface area contributed by atoms with Crippen LogP contribution in [0.5, 0.6) is 0 Å². The number of aromatic nitrogens is 4. The second-order valence-corrected chi connectivity index (χ2v) is 11.2. The molecule has 0 aromatic carbocycles. The Morgan fingerprint density at radius 3 is 1.50 bits per heavy atom. The number of nitrogens with zero attached hydrogens (tertiary/aromatic N) is 2. The topological polar surface area (TPSA) is 110 Å². The summed E-state index contributed by atoms with van der Waals surface area (Å²) in [6.07, 6.45) is 1.32. The number of hydrogen-bond donors (Lipinski definition) is 2. The van der Waals surface area contributed by atoms with Gasteiger partial charge >= 0.3 is 11.9 Å². The normalized spacial score (nSPS) is 13.1. The molecule has 0 unspecified atom stereocenters. The zero-order valence-electron chi connectivity index (χ0n) is 24.4. The van der Waals surface area contributed by atoms with Gasteiger partial charge in [-0.15, -0.1) is 0 Å². The molecule has 8 nitrogen and oxygen atoms in total. The van der Waals surface area contributed by atoms with Crippen LogP contribution in [0.4, 0.5) is 0 Å². The third-order valence-corrected chi connectivity index (χ3v) is 8.96. The molecule has 2 N–H and O–H groups in total. The minimum Gasteiger partial charge on any atom is -0.469 e. The number of carbonyl (C=O) groups excluding carboxylic acids is 2. The van der Waals surface area contributed by atoms with E-state index in [1.807, 2.05) is 52.0 Å². The Morgan fingerprint density at radius 2 is 1.05 bits per heavy atom. The van der Waals surface area contributed by atoms with E-state index in [4.69, 9.17) is 42.6 Å². The van der Waals surface area contributed by atoms with Gasteiger partial charge in [-0.2, -0.15) is 0 Å². The van der Waals surface area contributed by atoms with Crippen LogP contribution >= 0.6 is 23.2 Å². The maximum atomic E-state index is 12.1. The SMILES string of the molecule is COC(=O)CCC1=C(C)c2cc3[nH]c(cc4[nH]c(cc5nc(cc1n2)C(CCC(=O)OC)=C5C)c(Cl)c4C)c(Cl)c3C. The molecule has 3 aromatic rings. The molecule has 5 rings (SSSR count). The number of ether oxygens (including phenoxy) is 2. The van der Waals surface area contributed by atoms with Gasteiger partial charge in [-0.05, 0) is 98.2 Å². The molecule has 42 heavy (non-hydrogen) atoms. The lowest BCUT2D eigenvalue weighted by atomic mass is 9.98. The van der Waals surface area contributed by atoms with Crippen molar-refractivity contribution in [3.63, 3.8) is 0 Å². The summed E-state index contributed by atoms with van der Waals surface area (Å²) in [5.74, 6) is -0.598. The summed E-state index contributed by atoms with van der Waals surface area (Å²) in [7, 11) is 2.76. The Balaban J connectivity index is 1.85. The number of carbonyl (C=O) groups is 2. The van der Waals surface area contributed by atoms with Crippen molar-refractivity contribution in [2.45, 2.75) is 53.4 Å². The molecule has 8 bridgehead atoms. The smallest absolute Gasteiger partial charge is 0.305 e. The summed E-state index contributed by atoms with van der Waals surface area (Å²) < 4.78 is 9.81. The fourth-order valence-corrected chi connectivity index (χ4v) is 5.73. The van der Waals surface area contributed by atoms with E-state index < -0.39 is 0 Å². The highest BCUT2D eigenvalue weighted by Crippen LogP contribution is 2.38. The van der Waals surface area contributed by atoms with Crippen LogP contribution in [0, 0.1) is 13.8 Å². The number of aryl methyl sites for hydroxylation is 2. The number of nitrogens with one attached hydrogen (secondary N) is 2. The molecular weight excluding hydrogens is 575 g/mol. The predicted octanol–water partition coefficient (Wildman–Crippen LogP) is 8.01. The van der Waals surface area contributed by atoms with Crippen LogP contribution in [-0.2, 0) is 19.1 Å².